The zero-order valence-electron chi connectivity index (χ0n) is 9.57. The number of aliphatic carboxylic acids is 1. The van der Waals surface area contributed by atoms with Crippen molar-refractivity contribution in [1.29, 1.82) is 0 Å². The summed E-state index contributed by atoms with van der Waals surface area (Å²) in [5.41, 5.74) is 0.837. The van der Waals surface area contributed by atoms with Gasteiger partial charge in [-0.2, -0.15) is 0 Å². The average molecular weight is 218 g/mol. The van der Waals surface area contributed by atoms with Crippen molar-refractivity contribution in [3.05, 3.63) is 35.6 Å². The molecule has 0 aliphatic heterocycles. The predicted octanol–water partition coefficient (Wildman–Crippen LogP) is 3.10. The molecule has 0 aliphatic rings. The molecule has 84 valence electrons. The van der Waals surface area contributed by atoms with E-state index in [4.69, 9.17) is 9.52 Å². The van der Waals surface area contributed by atoms with E-state index in [1.807, 2.05) is 31.2 Å². The van der Waals surface area contributed by atoms with Crippen LogP contribution >= 0.6 is 0 Å². The van der Waals surface area contributed by atoms with Gasteiger partial charge in [-0.05, 0) is 38.5 Å². The summed E-state index contributed by atoms with van der Waals surface area (Å²) in [6.07, 6.45) is 0. The minimum Gasteiger partial charge on any atom is -0.481 e. The highest BCUT2D eigenvalue weighted by molar-refractivity contribution is 5.85. The van der Waals surface area contributed by atoms with Crippen LogP contribution < -0.4 is 0 Å². The summed E-state index contributed by atoms with van der Waals surface area (Å²) in [4.78, 5) is 11.1. The van der Waals surface area contributed by atoms with Crippen LogP contribution in [0.4, 0.5) is 0 Å². The van der Waals surface area contributed by atoms with Gasteiger partial charge in [0.25, 0.3) is 0 Å². The van der Waals surface area contributed by atoms with Gasteiger partial charge in [0.05, 0.1) is 0 Å². The molecule has 1 aromatic carbocycles. The quantitative estimate of drug-likeness (QED) is 0.842. The Balaban J connectivity index is 2.64. The lowest BCUT2D eigenvalue weighted by atomic mass is 9.90. The van der Waals surface area contributed by atoms with E-state index < -0.39 is 11.4 Å². The molecular formula is C13H14O3. The van der Waals surface area contributed by atoms with Gasteiger partial charge in [0.15, 0.2) is 0 Å². The van der Waals surface area contributed by atoms with Gasteiger partial charge in [-0.15, -0.1) is 0 Å². The number of rotatable bonds is 2. The number of aryl methyl sites for hydroxylation is 1. The second kappa shape index (κ2) is 3.37. The zero-order valence-corrected chi connectivity index (χ0v) is 9.57. The largest absolute Gasteiger partial charge is 0.481 e. The number of carboxylic acids is 1. The van der Waals surface area contributed by atoms with E-state index in [0.29, 0.717) is 5.76 Å². The maximum atomic E-state index is 11.1. The Morgan fingerprint density at radius 1 is 1.38 bits per heavy atom. The third kappa shape index (κ3) is 1.48. The van der Waals surface area contributed by atoms with Crippen molar-refractivity contribution in [1.82, 2.24) is 0 Å². The molecule has 3 heteroatoms. The molecule has 0 bridgehead atoms. The van der Waals surface area contributed by atoms with E-state index in [1.165, 1.54) is 0 Å². The number of hydrogen-bond acceptors (Lipinski definition) is 2. The van der Waals surface area contributed by atoms with E-state index in [2.05, 4.69) is 0 Å². The Bertz CT molecular complexity index is 549. The number of furan rings is 1. The standard InChI is InChI=1S/C13H14O3/c1-8-5-4-6-10-9(8)7-11(16-10)13(2,3)12(14)15/h4-7H,1-3H3,(H,14,15). The van der Waals surface area contributed by atoms with E-state index in [9.17, 15) is 4.79 Å². The minimum absolute atomic E-state index is 0.490. The van der Waals surface area contributed by atoms with Crippen LogP contribution in [0, 0.1) is 6.92 Å². The third-order valence-corrected chi connectivity index (χ3v) is 2.93. The van der Waals surface area contributed by atoms with Crippen LogP contribution in [-0.2, 0) is 10.2 Å². The van der Waals surface area contributed by atoms with Gasteiger partial charge in [0, 0.05) is 5.39 Å². The van der Waals surface area contributed by atoms with Crippen molar-refractivity contribution in [2.45, 2.75) is 26.2 Å². The Morgan fingerprint density at radius 3 is 2.62 bits per heavy atom. The zero-order chi connectivity index (χ0) is 11.9. The molecule has 0 saturated heterocycles. The molecule has 0 aliphatic carbocycles. The first-order valence-electron chi connectivity index (χ1n) is 5.16. The summed E-state index contributed by atoms with van der Waals surface area (Å²) < 4.78 is 5.59. The van der Waals surface area contributed by atoms with Crippen LogP contribution in [0.15, 0.2) is 28.7 Å². The van der Waals surface area contributed by atoms with Gasteiger partial charge < -0.3 is 9.52 Å². The summed E-state index contributed by atoms with van der Waals surface area (Å²) >= 11 is 0. The first-order chi connectivity index (χ1) is 7.43. The smallest absolute Gasteiger partial charge is 0.316 e. The molecule has 1 aromatic heterocycles. The highest BCUT2D eigenvalue weighted by Gasteiger charge is 2.33. The summed E-state index contributed by atoms with van der Waals surface area (Å²) in [5.74, 6) is -0.395. The van der Waals surface area contributed by atoms with Gasteiger partial charge >= 0.3 is 5.97 Å². The molecule has 2 aromatic rings. The first-order valence-corrected chi connectivity index (χ1v) is 5.16. The molecule has 0 unspecified atom stereocenters. The van der Waals surface area contributed by atoms with Crippen molar-refractivity contribution in [2.24, 2.45) is 0 Å². The number of fused-ring (bicyclic) bond motifs is 1. The molecule has 0 saturated carbocycles. The van der Waals surface area contributed by atoms with Gasteiger partial charge in [-0.1, -0.05) is 12.1 Å². The SMILES string of the molecule is Cc1cccc2oc(C(C)(C)C(=O)O)cc12. The van der Waals surface area contributed by atoms with Crippen LogP contribution in [0.2, 0.25) is 0 Å². The molecule has 1 heterocycles. The highest BCUT2D eigenvalue weighted by atomic mass is 16.4. The fourth-order valence-corrected chi connectivity index (χ4v) is 1.62. The van der Waals surface area contributed by atoms with E-state index in [1.54, 1.807) is 13.8 Å². The molecule has 0 spiro atoms. The normalized spacial score (nSPS) is 11.9. The molecule has 0 atom stereocenters. The maximum absolute atomic E-state index is 11.1. The van der Waals surface area contributed by atoms with Gasteiger partial charge in [-0.3, -0.25) is 4.79 Å². The monoisotopic (exact) mass is 218 g/mol. The first kappa shape index (κ1) is 10.7. The number of hydrogen-bond donors (Lipinski definition) is 1. The summed E-state index contributed by atoms with van der Waals surface area (Å²) in [5, 5.41) is 10.1. The maximum Gasteiger partial charge on any atom is 0.316 e. The molecule has 3 nitrogen and oxygen atoms in total. The number of carboxylic acid groups (broad SMARTS) is 1. The lowest BCUT2D eigenvalue weighted by Gasteiger charge is -2.15. The van der Waals surface area contributed by atoms with E-state index >= 15 is 0 Å². The highest BCUT2D eigenvalue weighted by Crippen LogP contribution is 2.31. The Labute approximate surface area is 93.7 Å². The summed E-state index contributed by atoms with van der Waals surface area (Å²) in [6.45, 7) is 5.26. The van der Waals surface area contributed by atoms with Crippen molar-refractivity contribution in [3.63, 3.8) is 0 Å². The van der Waals surface area contributed by atoms with Gasteiger partial charge in [-0.25, -0.2) is 0 Å². The van der Waals surface area contributed by atoms with Crippen molar-refractivity contribution in [3.8, 4) is 0 Å². The molecule has 1 N–H and O–H groups in total. The molecule has 0 radical (unpaired) electrons. The fourth-order valence-electron chi connectivity index (χ4n) is 1.62. The molecule has 2 rings (SSSR count). The van der Waals surface area contributed by atoms with Crippen LogP contribution in [0.3, 0.4) is 0 Å². The molecular weight excluding hydrogens is 204 g/mol. The summed E-state index contributed by atoms with van der Waals surface area (Å²) in [7, 11) is 0. The molecule has 16 heavy (non-hydrogen) atoms. The van der Waals surface area contributed by atoms with E-state index in [0.717, 1.165) is 16.5 Å². The minimum atomic E-state index is -0.995. The predicted molar refractivity (Wildman–Crippen MR) is 61.6 cm³/mol. The van der Waals surface area contributed by atoms with Crippen LogP contribution in [0.1, 0.15) is 25.2 Å². The molecule has 0 fully saturated rings. The summed E-state index contributed by atoms with van der Waals surface area (Å²) in [6, 6.07) is 7.55. The lowest BCUT2D eigenvalue weighted by Crippen LogP contribution is -2.27. The average Bonchev–Trinajstić information content (AvgIpc) is 2.63. The van der Waals surface area contributed by atoms with Crippen LogP contribution in [-0.4, -0.2) is 11.1 Å². The molecule has 0 amide bonds. The Hall–Kier alpha value is -1.77. The second-order valence-electron chi connectivity index (χ2n) is 4.53. The van der Waals surface area contributed by atoms with Crippen LogP contribution in [0.5, 0.6) is 0 Å². The van der Waals surface area contributed by atoms with Crippen molar-refractivity contribution in [2.75, 3.05) is 0 Å². The van der Waals surface area contributed by atoms with Gasteiger partial charge in [0.2, 0.25) is 0 Å². The number of benzene rings is 1. The number of carbonyl (C=O) groups is 1. The van der Waals surface area contributed by atoms with Crippen LogP contribution in [0.25, 0.3) is 11.0 Å². The topological polar surface area (TPSA) is 50.4 Å². The van der Waals surface area contributed by atoms with Crippen molar-refractivity contribution < 1.29 is 14.3 Å². The Morgan fingerprint density at radius 2 is 2.06 bits per heavy atom. The van der Waals surface area contributed by atoms with Gasteiger partial charge in [0.1, 0.15) is 16.8 Å². The van der Waals surface area contributed by atoms with E-state index in [-0.39, 0.29) is 0 Å². The second-order valence-corrected chi connectivity index (χ2v) is 4.53. The third-order valence-electron chi connectivity index (χ3n) is 2.93. The fraction of sp³-hybridized carbons (Fsp3) is 0.308. The Kier molecular flexibility index (Phi) is 2.26. The lowest BCUT2D eigenvalue weighted by molar-refractivity contribution is -0.143. The van der Waals surface area contributed by atoms with Crippen molar-refractivity contribution >= 4 is 16.9 Å².